The Morgan fingerprint density at radius 2 is 1.79 bits per heavy atom. The molecule has 0 radical (unpaired) electrons. The summed E-state index contributed by atoms with van der Waals surface area (Å²) in [6.45, 7) is 11.5. The minimum Gasteiger partial charge on any atom is -0.0882 e. The lowest BCUT2D eigenvalue weighted by atomic mass is 9.81. The Hall–Kier alpha value is -0.260. The molecule has 0 aromatic heterocycles. The summed E-state index contributed by atoms with van der Waals surface area (Å²) in [5.74, 6) is 1.68. The van der Waals surface area contributed by atoms with E-state index in [4.69, 9.17) is 0 Å². The van der Waals surface area contributed by atoms with Gasteiger partial charge in [0.15, 0.2) is 0 Å². The van der Waals surface area contributed by atoms with Gasteiger partial charge in [-0.25, -0.2) is 0 Å². The van der Waals surface area contributed by atoms with Gasteiger partial charge in [-0.15, -0.1) is 0 Å². The summed E-state index contributed by atoms with van der Waals surface area (Å²) >= 11 is 0. The molecule has 0 heteroatoms. The minimum absolute atomic E-state index is 0.830. The van der Waals surface area contributed by atoms with Crippen LogP contribution in [0.15, 0.2) is 11.6 Å². The van der Waals surface area contributed by atoms with Gasteiger partial charge in [-0.05, 0) is 38.0 Å². The van der Waals surface area contributed by atoms with Crippen LogP contribution in [0, 0.1) is 11.8 Å². The SMILES string of the molecule is CC=C(CCCC)C(CC)C(C)CC. The largest absolute Gasteiger partial charge is 0.0882 e. The normalized spacial score (nSPS) is 16.8. The quantitative estimate of drug-likeness (QED) is 0.491. The lowest BCUT2D eigenvalue weighted by Crippen LogP contribution is -2.13. The molecule has 0 bridgehead atoms. The maximum absolute atomic E-state index is 2.39. The van der Waals surface area contributed by atoms with Gasteiger partial charge in [-0.2, -0.15) is 0 Å². The molecular formula is C14H28. The molecule has 14 heavy (non-hydrogen) atoms. The van der Waals surface area contributed by atoms with E-state index in [9.17, 15) is 0 Å². The molecule has 2 unspecified atom stereocenters. The van der Waals surface area contributed by atoms with Crippen molar-refractivity contribution >= 4 is 0 Å². The van der Waals surface area contributed by atoms with Crippen LogP contribution in [-0.2, 0) is 0 Å². The van der Waals surface area contributed by atoms with E-state index in [0.717, 1.165) is 11.8 Å². The van der Waals surface area contributed by atoms with Crippen LogP contribution in [0.1, 0.15) is 66.7 Å². The average molecular weight is 196 g/mol. The van der Waals surface area contributed by atoms with Gasteiger partial charge in [0, 0.05) is 0 Å². The van der Waals surface area contributed by atoms with Crippen molar-refractivity contribution in [3.63, 3.8) is 0 Å². The number of hydrogen-bond donors (Lipinski definition) is 0. The summed E-state index contributed by atoms with van der Waals surface area (Å²) in [6, 6.07) is 0. The van der Waals surface area contributed by atoms with Crippen molar-refractivity contribution in [1.82, 2.24) is 0 Å². The van der Waals surface area contributed by atoms with Crippen molar-refractivity contribution in [3.8, 4) is 0 Å². The highest BCUT2D eigenvalue weighted by Crippen LogP contribution is 2.29. The van der Waals surface area contributed by atoms with Crippen LogP contribution >= 0.6 is 0 Å². The Bertz CT molecular complexity index is 155. The second kappa shape index (κ2) is 8.08. The van der Waals surface area contributed by atoms with E-state index in [1.54, 1.807) is 5.57 Å². The Balaban J connectivity index is 4.30. The Morgan fingerprint density at radius 1 is 1.14 bits per heavy atom. The highest BCUT2D eigenvalue weighted by molar-refractivity contribution is 5.06. The first kappa shape index (κ1) is 13.7. The summed E-state index contributed by atoms with van der Waals surface area (Å²) in [5, 5.41) is 0. The molecule has 0 aromatic carbocycles. The molecular weight excluding hydrogens is 168 g/mol. The Morgan fingerprint density at radius 3 is 2.14 bits per heavy atom. The molecule has 0 fully saturated rings. The molecule has 0 saturated heterocycles. The fraction of sp³-hybridized carbons (Fsp3) is 0.857. The molecule has 0 aliphatic heterocycles. The van der Waals surface area contributed by atoms with E-state index >= 15 is 0 Å². The third kappa shape index (κ3) is 4.30. The molecule has 2 atom stereocenters. The van der Waals surface area contributed by atoms with Crippen molar-refractivity contribution < 1.29 is 0 Å². The van der Waals surface area contributed by atoms with Gasteiger partial charge < -0.3 is 0 Å². The smallest absolute Gasteiger partial charge is 0.0180 e. The lowest BCUT2D eigenvalue weighted by Gasteiger charge is -2.24. The maximum Gasteiger partial charge on any atom is -0.0180 e. The zero-order chi connectivity index (χ0) is 11.0. The van der Waals surface area contributed by atoms with Crippen molar-refractivity contribution in [1.29, 1.82) is 0 Å². The van der Waals surface area contributed by atoms with E-state index in [0.29, 0.717) is 0 Å². The van der Waals surface area contributed by atoms with Crippen molar-refractivity contribution in [2.24, 2.45) is 11.8 Å². The lowest BCUT2D eigenvalue weighted by molar-refractivity contribution is 0.376. The zero-order valence-corrected chi connectivity index (χ0v) is 10.8. The summed E-state index contributed by atoms with van der Waals surface area (Å²) < 4.78 is 0. The molecule has 0 nitrogen and oxygen atoms in total. The van der Waals surface area contributed by atoms with Gasteiger partial charge in [-0.3, -0.25) is 0 Å². The number of allylic oxidation sites excluding steroid dienone is 2. The van der Waals surface area contributed by atoms with Crippen LogP contribution in [-0.4, -0.2) is 0 Å². The fourth-order valence-corrected chi connectivity index (χ4v) is 2.24. The van der Waals surface area contributed by atoms with E-state index in [2.05, 4.69) is 40.7 Å². The highest BCUT2D eigenvalue weighted by atomic mass is 14.2. The number of rotatable bonds is 7. The maximum atomic E-state index is 2.39. The number of hydrogen-bond acceptors (Lipinski definition) is 0. The monoisotopic (exact) mass is 196 g/mol. The van der Waals surface area contributed by atoms with Crippen LogP contribution in [0.4, 0.5) is 0 Å². The van der Waals surface area contributed by atoms with Gasteiger partial charge in [0.2, 0.25) is 0 Å². The van der Waals surface area contributed by atoms with Gasteiger partial charge >= 0.3 is 0 Å². The first-order valence-corrected chi connectivity index (χ1v) is 6.36. The molecule has 0 aromatic rings. The number of unbranched alkanes of at least 4 members (excludes halogenated alkanes) is 1. The molecule has 0 amide bonds. The predicted molar refractivity (Wildman–Crippen MR) is 66.5 cm³/mol. The first-order valence-electron chi connectivity index (χ1n) is 6.36. The molecule has 0 saturated carbocycles. The van der Waals surface area contributed by atoms with E-state index < -0.39 is 0 Å². The van der Waals surface area contributed by atoms with Crippen molar-refractivity contribution in [2.45, 2.75) is 66.7 Å². The second-order valence-corrected chi connectivity index (χ2v) is 4.37. The van der Waals surface area contributed by atoms with Crippen LogP contribution in [0.3, 0.4) is 0 Å². The fourth-order valence-electron chi connectivity index (χ4n) is 2.24. The molecule has 0 heterocycles. The Kier molecular flexibility index (Phi) is 7.93. The first-order chi connectivity index (χ1) is 6.71. The molecule has 0 aliphatic carbocycles. The van der Waals surface area contributed by atoms with Gasteiger partial charge in [0.05, 0.1) is 0 Å². The topological polar surface area (TPSA) is 0 Å². The molecule has 0 rings (SSSR count). The van der Waals surface area contributed by atoms with Crippen LogP contribution in [0.25, 0.3) is 0 Å². The molecule has 0 spiro atoms. The van der Waals surface area contributed by atoms with Gasteiger partial charge in [-0.1, -0.05) is 52.2 Å². The van der Waals surface area contributed by atoms with Gasteiger partial charge in [0.25, 0.3) is 0 Å². The van der Waals surface area contributed by atoms with Gasteiger partial charge in [0.1, 0.15) is 0 Å². The zero-order valence-electron chi connectivity index (χ0n) is 10.8. The highest BCUT2D eigenvalue weighted by Gasteiger charge is 2.17. The van der Waals surface area contributed by atoms with E-state index in [1.807, 2.05) is 0 Å². The van der Waals surface area contributed by atoms with Crippen LogP contribution in [0.5, 0.6) is 0 Å². The summed E-state index contributed by atoms with van der Waals surface area (Å²) in [6.07, 6.45) is 8.95. The van der Waals surface area contributed by atoms with E-state index in [1.165, 1.54) is 32.1 Å². The van der Waals surface area contributed by atoms with Crippen LogP contribution < -0.4 is 0 Å². The minimum atomic E-state index is 0.830. The van der Waals surface area contributed by atoms with E-state index in [-0.39, 0.29) is 0 Å². The summed E-state index contributed by atoms with van der Waals surface area (Å²) in [4.78, 5) is 0. The van der Waals surface area contributed by atoms with Crippen molar-refractivity contribution in [2.75, 3.05) is 0 Å². The Labute approximate surface area is 90.8 Å². The third-order valence-corrected chi connectivity index (χ3v) is 3.44. The standard InChI is InChI=1S/C14H28/c1-6-10-11-13(8-3)14(9-4)12(5)7-2/h8,12,14H,6-7,9-11H2,1-5H3. The molecule has 0 N–H and O–H groups in total. The average Bonchev–Trinajstić information content (AvgIpc) is 2.23. The summed E-state index contributed by atoms with van der Waals surface area (Å²) in [5.41, 5.74) is 1.70. The van der Waals surface area contributed by atoms with Crippen molar-refractivity contribution in [3.05, 3.63) is 11.6 Å². The predicted octanol–water partition coefficient (Wildman–Crippen LogP) is 5.20. The summed E-state index contributed by atoms with van der Waals surface area (Å²) in [7, 11) is 0. The second-order valence-electron chi connectivity index (χ2n) is 4.37. The molecule has 84 valence electrons. The van der Waals surface area contributed by atoms with Crippen LogP contribution in [0.2, 0.25) is 0 Å². The molecule has 0 aliphatic rings. The third-order valence-electron chi connectivity index (χ3n) is 3.44.